The molecule has 2 fully saturated rings. The molecule has 0 saturated carbocycles. The molecule has 0 radical (unpaired) electrons. The van der Waals surface area contributed by atoms with Crippen LogP contribution in [0.2, 0.25) is 0 Å². The molecule has 0 aliphatic carbocycles. The molecule has 6 atom stereocenters. The molecule has 3 aliphatic heterocycles. The number of aliphatic hydroxyl groups excluding tert-OH is 2. The maximum Gasteiger partial charge on any atom is 0.330 e. The second-order valence-electron chi connectivity index (χ2n) is 10.4. The van der Waals surface area contributed by atoms with Crippen LogP contribution in [0.25, 0.3) is 0 Å². The van der Waals surface area contributed by atoms with Gasteiger partial charge in [0.05, 0.1) is 18.3 Å². The van der Waals surface area contributed by atoms with Crippen molar-refractivity contribution in [2.24, 2.45) is 0 Å². The predicted molar refractivity (Wildman–Crippen MR) is 132 cm³/mol. The summed E-state index contributed by atoms with van der Waals surface area (Å²) in [5.74, 6) is -1.29. The van der Waals surface area contributed by atoms with Gasteiger partial charge < -0.3 is 24.4 Å². The highest BCUT2D eigenvalue weighted by Gasteiger charge is 2.53. The number of hydrogen-bond acceptors (Lipinski definition) is 6. The largest absolute Gasteiger partial charge is 0.456 e. The third-order valence-corrected chi connectivity index (χ3v) is 7.23. The first-order valence-corrected chi connectivity index (χ1v) is 13.8. The van der Waals surface area contributed by atoms with Gasteiger partial charge >= 0.3 is 5.97 Å². The molecule has 0 amide bonds. The monoisotopic (exact) mass is 478 g/mol. The van der Waals surface area contributed by atoms with E-state index < -0.39 is 18.0 Å². The number of ether oxygens (including phenoxy) is 3. The third kappa shape index (κ3) is 9.10. The van der Waals surface area contributed by atoms with Gasteiger partial charge in [0.25, 0.3) is 0 Å². The fraction of sp³-hybridized carbons (Fsp3) is 0.821. The van der Waals surface area contributed by atoms with Gasteiger partial charge in [-0.15, -0.1) is 0 Å². The van der Waals surface area contributed by atoms with Crippen LogP contribution in [0.4, 0.5) is 0 Å². The molecule has 3 aliphatic rings. The minimum atomic E-state index is -0.932. The summed E-state index contributed by atoms with van der Waals surface area (Å²) >= 11 is 0. The van der Waals surface area contributed by atoms with Crippen LogP contribution in [0.5, 0.6) is 0 Å². The van der Waals surface area contributed by atoms with Crippen molar-refractivity contribution < 1.29 is 29.2 Å². The van der Waals surface area contributed by atoms with Crippen LogP contribution in [-0.2, 0) is 19.0 Å². The molecule has 2 N–H and O–H groups in total. The van der Waals surface area contributed by atoms with Gasteiger partial charge in [0, 0.05) is 18.9 Å². The Labute approximate surface area is 205 Å². The molecular formula is C28H46O6. The summed E-state index contributed by atoms with van der Waals surface area (Å²) in [6.45, 7) is 2.18. The summed E-state index contributed by atoms with van der Waals surface area (Å²) in [7, 11) is 0. The van der Waals surface area contributed by atoms with E-state index in [4.69, 9.17) is 14.2 Å². The molecule has 194 valence electrons. The van der Waals surface area contributed by atoms with E-state index in [0.717, 1.165) is 25.7 Å². The second kappa shape index (κ2) is 14.4. The van der Waals surface area contributed by atoms with Gasteiger partial charge in [-0.2, -0.15) is 0 Å². The van der Waals surface area contributed by atoms with E-state index in [1.165, 1.54) is 57.4 Å². The van der Waals surface area contributed by atoms with Crippen LogP contribution in [0.3, 0.4) is 0 Å². The van der Waals surface area contributed by atoms with Gasteiger partial charge in [0.1, 0.15) is 12.2 Å². The van der Waals surface area contributed by atoms with Crippen LogP contribution in [0, 0.1) is 0 Å². The molecule has 6 heteroatoms. The summed E-state index contributed by atoms with van der Waals surface area (Å²) in [6, 6.07) is 0. The number of esters is 1. The molecule has 1 spiro atoms. The minimum absolute atomic E-state index is 0.254. The lowest BCUT2D eigenvalue weighted by molar-refractivity contribution is -0.285. The maximum atomic E-state index is 11.5. The van der Waals surface area contributed by atoms with Crippen LogP contribution < -0.4 is 0 Å². The van der Waals surface area contributed by atoms with E-state index >= 15 is 0 Å². The Morgan fingerprint density at radius 1 is 1.03 bits per heavy atom. The predicted octanol–water partition coefficient (Wildman–Crippen LogP) is 5.50. The Bertz CT molecular complexity index is 661. The van der Waals surface area contributed by atoms with Crippen molar-refractivity contribution >= 4 is 5.97 Å². The average molecular weight is 479 g/mol. The van der Waals surface area contributed by atoms with Crippen LogP contribution >= 0.6 is 0 Å². The Morgan fingerprint density at radius 3 is 2.47 bits per heavy atom. The first-order valence-electron chi connectivity index (χ1n) is 13.8. The molecule has 0 aromatic carbocycles. The molecule has 3 heterocycles. The quantitative estimate of drug-likeness (QED) is 0.184. The van der Waals surface area contributed by atoms with Crippen molar-refractivity contribution in [1.82, 2.24) is 0 Å². The average Bonchev–Trinajstić information content (AvgIpc) is 3.12. The number of allylic oxidation sites excluding steroid dienone is 2. The SMILES string of the molecule is CC/C=C/CCCCCCCCCCC[C@H](O)C[C@H]1C[C@@H](O)C[C@]2(C[C@@H]3OC(=O)C=C[C@@H]3O2)O1. The van der Waals surface area contributed by atoms with Crippen molar-refractivity contribution in [2.45, 2.75) is 146 Å². The maximum absolute atomic E-state index is 11.5. The summed E-state index contributed by atoms with van der Waals surface area (Å²) in [5, 5.41) is 21.0. The standard InChI is InChI=1S/C28H46O6/c1-2-3-4-5-6-7-8-9-10-11-12-13-14-15-22(29)18-24-19-23(30)20-28(33-24)21-26-25(34-28)16-17-27(31)32-26/h3-4,16-17,22-26,29-30H,2,5-15,18-21H2,1H3/b4-3+/t22-,23+,24-,25-,26-,28-/m0/s1. The lowest BCUT2D eigenvalue weighted by atomic mass is 9.92. The number of unbranched alkanes of at least 4 members (excludes halogenated alkanes) is 9. The second-order valence-corrected chi connectivity index (χ2v) is 10.4. The smallest absolute Gasteiger partial charge is 0.330 e. The Kier molecular flexibility index (Phi) is 11.6. The zero-order valence-electron chi connectivity index (χ0n) is 21.0. The molecule has 0 aromatic rings. The van der Waals surface area contributed by atoms with Gasteiger partial charge in [0.2, 0.25) is 0 Å². The molecule has 0 unspecified atom stereocenters. The Morgan fingerprint density at radius 2 is 1.74 bits per heavy atom. The summed E-state index contributed by atoms with van der Waals surface area (Å²) in [5.41, 5.74) is 0. The highest BCUT2D eigenvalue weighted by atomic mass is 16.7. The summed E-state index contributed by atoms with van der Waals surface area (Å²) < 4.78 is 17.7. The topological polar surface area (TPSA) is 85.2 Å². The van der Waals surface area contributed by atoms with Gasteiger partial charge in [-0.25, -0.2) is 4.79 Å². The lowest BCUT2D eigenvalue weighted by Gasteiger charge is -2.40. The van der Waals surface area contributed by atoms with Gasteiger partial charge in [-0.05, 0) is 44.6 Å². The van der Waals surface area contributed by atoms with E-state index in [0.29, 0.717) is 25.7 Å². The zero-order chi connectivity index (χ0) is 24.2. The highest BCUT2D eigenvalue weighted by Crippen LogP contribution is 2.44. The first-order chi connectivity index (χ1) is 16.5. The van der Waals surface area contributed by atoms with Crippen molar-refractivity contribution in [1.29, 1.82) is 0 Å². The fourth-order valence-electron chi connectivity index (χ4n) is 5.51. The fourth-order valence-corrected chi connectivity index (χ4v) is 5.51. The normalized spacial score (nSPS) is 31.8. The van der Waals surface area contributed by atoms with Crippen LogP contribution in [0.1, 0.15) is 110 Å². The van der Waals surface area contributed by atoms with E-state index in [-0.39, 0.29) is 24.3 Å². The number of fused-ring (bicyclic) bond motifs is 1. The Hall–Kier alpha value is -1.21. The van der Waals surface area contributed by atoms with Crippen molar-refractivity contribution in [3.05, 3.63) is 24.3 Å². The zero-order valence-corrected chi connectivity index (χ0v) is 21.0. The van der Waals surface area contributed by atoms with Crippen molar-refractivity contribution in [3.63, 3.8) is 0 Å². The van der Waals surface area contributed by atoms with Gasteiger partial charge in [0.15, 0.2) is 5.79 Å². The first kappa shape index (κ1) is 27.4. The number of carbonyl (C=O) groups excluding carboxylic acids is 1. The highest BCUT2D eigenvalue weighted by molar-refractivity contribution is 5.83. The molecule has 3 rings (SSSR count). The third-order valence-electron chi connectivity index (χ3n) is 7.23. The van der Waals surface area contributed by atoms with Gasteiger partial charge in [-0.3, -0.25) is 0 Å². The molecule has 2 saturated heterocycles. The molecule has 34 heavy (non-hydrogen) atoms. The van der Waals surface area contributed by atoms with E-state index in [1.54, 1.807) is 6.08 Å². The van der Waals surface area contributed by atoms with Crippen molar-refractivity contribution in [3.8, 4) is 0 Å². The number of aliphatic hydroxyl groups is 2. The van der Waals surface area contributed by atoms with Crippen molar-refractivity contribution in [2.75, 3.05) is 0 Å². The molecule has 0 aromatic heterocycles. The van der Waals surface area contributed by atoms with Crippen LogP contribution in [-0.4, -0.2) is 52.5 Å². The van der Waals surface area contributed by atoms with Gasteiger partial charge in [-0.1, -0.05) is 70.4 Å². The van der Waals surface area contributed by atoms with E-state index in [2.05, 4.69) is 19.1 Å². The Balaban J connectivity index is 1.23. The summed E-state index contributed by atoms with van der Waals surface area (Å²) in [4.78, 5) is 11.5. The molecule has 0 bridgehead atoms. The minimum Gasteiger partial charge on any atom is -0.456 e. The van der Waals surface area contributed by atoms with E-state index in [1.807, 2.05) is 0 Å². The number of hydrogen-bond donors (Lipinski definition) is 2. The number of carbonyl (C=O) groups is 1. The molecule has 6 nitrogen and oxygen atoms in total. The number of rotatable bonds is 15. The summed E-state index contributed by atoms with van der Waals surface area (Å²) in [6.07, 6.45) is 22.0. The van der Waals surface area contributed by atoms with Crippen LogP contribution in [0.15, 0.2) is 24.3 Å². The van der Waals surface area contributed by atoms with E-state index in [9.17, 15) is 15.0 Å². The lowest BCUT2D eigenvalue weighted by Crippen LogP contribution is -2.47. The molecular weight excluding hydrogens is 432 g/mol.